The van der Waals surface area contributed by atoms with Crippen molar-refractivity contribution < 1.29 is 19.1 Å². The third-order valence-electron chi connectivity index (χ3n) is 5.19. The van der Waals surface area contributed by atoms with Crippen molar-refractivity contribution in [3.8, 4) is 6.07 Å². The number of esters is 1. The Bertz CT molecular complexity index is 1010. The molecule has 0 heterocycles. The first-order chi connectivity index (χ1) is 14.8. The molecular formula is C24H27N3O4. The molecule has 0 radical (unpaired) electrons. The Morgan fingerprint density at radius 1 is 1.16 bits per heavy atom. The van der Waals surface area contributed by atoms with Gasteiger partial charge < -0.3 is 15.0 Å². The van der Waals surface area contributed by atoms with Crippen molar-refractivity contribution in [1.29, 1.82) is 5.26 Å². The summed E-state index contributed by atoms with van der Waals surface area (Å²) in [5.74, 6) is -1.49. The van der Waals surface area contributed by atoms with Gasteiger partial charge in [0, 0.05) is 11.7 Å². The van der Waals surface area contributed by atoms with Crippen LogP contribution in [0.15, 0.2) is 42.5 Å². The summed E-state index contributed by atoms with van der Waals surface area (Å²) in [6.07, 6.45) is 0.640. The van der Waals surface area contributed by atoms with Crippen LogP contribution < -0.4 is 5.32 Å². The Kier molecular flexibility index (Phi) is 8.33. The molecule has 0 aliphatic heterocycles. The fourth-order valence-electron chi connectivity index (χ4n) is 2.95. The number of aryl methyl sites for hydroxylation is 1. The predicted octanol–water partition coefficient (Wildman–Crippen LogP) is 3.60. The van der Waals surface area contributed by atoms with E-state index in [0.717, 1.165) is 11.1 Å². The molecule has 7 heteroatoms. The number of nitrogens with zero attached hydrogens (tertiary/aromatic N) is 2. The number of benzene rings is 2. The number of nitriles is 1. The molecule has 0 fully saturated rings. The molecule has 0 saturated carbocycles. The van der Waals surface area contributed by atoms with Crippen LogP contribution in [-0.4, -0.2) is 41.9 Å². The number of anilines is 1. The Hall–Kier alpha value is -3.66. The number of carbonyl (C=O) groups excluding carboxylic acids is 3. The van der Waals surface area contributed by atoms with E-state index in [0.29, 0.717) is 17.7 Å². The van der Waals surface area contributed by atoms with Gasteiger partial charge in [0.05, 0.1) is 17.2 Å². The van der Waals surface area contributed by atoms with Gasteiger partial charge in [0.25, 0.3) is 5.91 Å². The molecule has 162 valence electrons. The van der Waals surface area contributed by atoms with Gasteiger partial charge in [-0.05, 0) is 62.6 Å². The maximum atomic E-state index is 12.7. The Labute approximate surface area is 182 Å². The maximum Gasteiger partial charge on any atom is 0.338 e. The SMILES string of the molecule is CC[C@H](C)N(CC(=O)Nc1cccc(C)c1C)C(=O)COC(=O)c1cccc(C#N)c1. The first-order valence-corrected chi connectivity index (χ1v) is 10.1. The molecule has 7 nitrogen and oxygen atoms in total. The predicted molar refractivity (Wildman–Crippen MR) is 117 cm³/mol. The Morgan fingerprint density at radius 2 is 1.87 bits per heavy atom. The van der Waals surface area contributed by atoms with Crippen LogP contribution in [-0.2, 0) is 14.3 Å². The van der Waals surface area contributed by atoms with E-state index in [9.17, 15) is 14.4 Å². The molecule has 1 N–H and O–H groups in total. The molecule has 31 heavy (non-hydrogen) atoms. The average molecular weight is 421 g/mol. The van der Waals surface area contributed by atoms with Gasteiger partial charge in [0.1, 0.15) is 6.54 Å². The average Bonchev–Trinajstić information content (AvgIpc) is 2.78. The van der Waals surface area contributed by atoms with Crippen LogP contribution in [0.1, 0.15) is 47.3 Å². The van der Waals surface area contributed by atoms with Crippen LogP contribution in [0.3, 0.4) is 0 Å². The summed E-state index contributed by atoms with van der Waals surface area (Å²) in [6.45, 7) is 6.98. The molecule has 0 aliphatic carbocycles. The van der Waals surface area contributed by atoms with E-state index in [1.165, 1.54) is 17.0 Å². The lowest BCUT2D eigenvalue weighted by atomic mass is 10.1. The number of hydrogen-bond donors (Lipinski definition) is 1. The molecule has 0 unspecified atom stereocenters. The number of amides is 2. The maximum absolute atomic E-state index is 12.7. The molecule has 0 spiro atoms. The molecular weight excluding hydrogens is 394 g/mol. The second-order valence-corrected chi connectivity index (χ2v) is 7.34. The summed E-state index contributed by atoms with van der Waals surface area (Å²) in [4.78, 5) is 39.0. The van der Waals surface area contributed by atoms with Crippen LogP contribution in [0.2, 0.25) is 0 Å². The van der Waals surface area contributed by atoms with Gasteiger partial charge in [-0.1, -0.05) is 25.1 Å². The number of nitrogens with one attached hydrogen (secondary N) is 1. The summed E-state index contributed by atoms with van der Waals surface area (Å²) in [5, 5.41) is 11.8. The molecule has 0 bridgehead atoms. The number of rotatable bonds is 8. The summed E-state index contributed by atoms with van der Waals surface area (Å²) in [6, 6.07) is 13.4. The van der Waals surface area contributed by atoms with Crippen molar-refractivity contribution in [3.05, 3.63) is 64.7 Å². The highest BCUT2D eigenvalue weighted by Crippen LogP contribution is 2.18. The highest BCUT2D eigenvalue weighted by atomic mass is 16.5. The normalized spacial score (nSPS) is 11.2. The summed E-state index contributed by atoms with van der Waals surface area (Å²) in [5.41, 5.74) is 3.23. The van der Waals surface area contributed by atoms with Gasteiger partial charge >= 0.3 is 5.97 Å². The standard InChI is InChI=1S/C24H27N3O4/c1-5-17(3)27(14-22(28)26-21-11-6-8-16(2)18(21)4)23(29)15-31-24(30)20-10-7-9-19(12-20)13-25/h6-12,17H,5,14-15H2,1-4H3,(H,26,28)/t17-/m0/s1. The second kappa shape index (κ2) is 10.9. The van der Waals surface area contributed by atoms with Gasteiger partial charge in [0.2, 0.25) is 5.91 Å². The zero-order chi connectivity index (χ0) is 23.0. The van der Waals surface area contributed by atoms with Gasteiger partial charge in [-0.25, -0.2) is 4.79 Å². The first kappa shape index (κ1) is 23.6. The topological polar surface area (TPSA) is 99.5 Å². The zero-order valence-electron chi connectivity index (χ0n) is 18.3. The summed E-state index contributed by atoms with van der Waals surface area (Å²) >= 11 is 0. The van der Waals surface area contributed by atoms with Crippen LogP contribution in [0.5, 0.6) is 0 Å². The molecule has 0 aliphatic rings. The lowest BCUT2D eigenvalue weighted by molar-refractivity contribution is -0.139. The van der Waals surface area contributed by atoms with E-state index < -0.39 is 18.5 Å². The minimum atomic E-state index is -0.700. The molecule has 0 aromatic heterocycles. The summed E-state index contributed by atoms with van der Waals surface area (Å²) in [7, 11) is 0. The number of carbonyl (C=O) groups is 3. The van der Waals surface area contributed by atoms with E-state index in [-0.39, 0.29) is 24.1 Å². The van der Waals surface area contributed by atoms with E-state index >= 15 is 0 Å². The van der Waals surface area contributed by atoms with Crippen molar-refractivity contribution in [1.82, 2.24) is 4.90 Å². The molecule has 2 amide bonds. The van der Waals surface area contributed by atoms with Crippen molar-refractivity contribution >= 4 is 23.5 Å². The zero-order valence-corrected chi connectivity index (χ0v) is 18.3. The van der Waals surface area contributed by atoms with Crippen molar-refractivity contribution in [3.63, 3.8) is 0 Å². The molecule has 2 aromatic rings. The van der Waals surface area contributed by atoms with Gasteiger partial charge in [-0.3, -0.25) is 9.59 Å². The lowest BCUT2D eigenvalue weighted by Gasteiger charge is -2.28. The molecule has 1 atom stereocenters. The van der Waals surface area contributed by atoms with Gasteiger partial charge in [-0.15, -0.1) is 0 Å². The summed E-state index contributed by atoms with van der Waals surface area (Å²) < 4.78 is 5.13. The van der Waals surface area contributed by atoms with E-state index in [2.05, 4.69) is 5.32 Å². The lowest BCUT2D eigenvalue weighted by Crippen LogP contribution is -2.45. The largest absolute Gasteiger partial charge is 0.452 e. The minimum absolute atomic E-state index is 0.150. The minimum Gasteiger partial charge on any atom is -0.452 e. The van der Waals surface area contributed by atoms with E-state index in [1.807, 2.05) is 52.0 Å². The third-order valence-corrected chi connectivity index (χ3v) is 5.19. The van der Waals surface area contributed by atoms with E-state index in [1.54, 1.807) is 12.1 Å². The van der Waals surface area contributed by atoms with Crippen molar-refractivity contribution in [2.24, 2.45) is 0 Å². The number of hydrogen-bond acceptors (Lipinski definition) is 5. The second-order valence-electron chi connectivity index (χ2n) is 7.34. The highest BCUT2D eigenvalue weighted by Gasteiger charge is 2.23. The van der Waals surface area contributed by atoms with Crippen molar-refractivity contribution in [2.75, 3.05) is 18.5 Å². The molecule has 2 rings (SSSR count). The van der Waals surface area contributed by atoms with Crippen LogP contribution in [0, 0.1) is 25.2 Å². The fourth-order valence-corrected chi connectivity index (χ4v) is 2.95. The van der Waals surface area contributed by atoms with Crippen LogP contribution in [0.25, 0.3) is 0 Å². The Balaban J connectivity index is 2.03. The first-order valence-electron chi connectivity index (χ1n) is 10.1. The smallest absolute Gasteiger partial charge is 0.338 e. The number of ether oxygens (including phenoxy) is 1. The van der Waals surface area contributed by atoms with E-state index in [4.69, 9.17) is 10.00 Å². The monoisotopic (exact) mass is 421 g/mol. The van der Waals surface area contributed by atoms with Gasteiger partial charge in [0.15, 0.2) is 6.61 Å². The van der Waals surface area contributed by atoms with Crippen LogP contribution >= 0.6 is 0 Å². The molecule has 0 saturated heterocycles. The highest BCUT2D eigenvalue weighted by molar-refractivity contribution is 5.96. The van der Waals surface area contributed by atoms with Gasteiger partial charge in [-0.2, -0.15) is 5.26 Å². The quantitative estimate of drug-likeness (QED) is 0.657. The third kappa shape index (κ3) is 6.41. The Morgan fingerprint density at radius 3 is 2.55 bits per heavy atom. The van der Waals surface area contributed by atoms with Crippen LogP contribution in [0.4, 0.5) is 5.69 Å². The fraction of sp³-hybridized carbons (Fsp3) is 0.333. The molecule has 2 aromatic carbocycles. The van der Waals surface area contributed by atoms with Crippen molar-refractivity contribution in [2.45, 2.75) is 40.2 Å².